The summed E-state index contributed by atoms with van der Waals surface area (Å²) in [5, 5.41) is 7.43. The van der Waals surface area contributed by atoms with Crippen LogP contribution in [0.3, 0.4) is 0 Å². The normalized spacial score (nSPS) is 11.2. The summed E-state index contributed by atoms with van der Waals surface area (Å²) in [6.07, 6.45) is 0. The summed E-state index contributed by atoms with van der Waals surface area (Å²) in [4.78, 5) is 0. The van der Waals surface area contributed by atoms with Crippen LogP contribution in [-0.4, -0.2) is 0 Å². The molecule has 0 unspecified atom stereocenters. The van der Waals surface area contributed by atoms with E-state index in [9.17, 15) is 0 Å². The molecule has 3 aromatic carbocycles. The molecule has 1 aliphatic rings. The van der Waals surface area contributed by atoms with E-state index in [1.165, 1.54) is 31.3 Å². The molecule has 88 valence electrons. The molecule has 1 aliphatic carbocycles. The molecule has 0 saturated carbocycles. The Bertz CT molecular complexity index is 999. The van der Waals surface area contributed by atoms with Crippen molar-refractivity contribution in [2.75, 3.05) is 0 Å². The van der Waals surface area contributed by atoms with Crippen LogP contribution < -0.4 is 10.4 Å². The van der Waals surface area contributed by atoms with E-state index in [0.717, 1.165) is 0 Å². The molecule has 0 spiro atoms. The Morgan fingerprint density at radius 2 is 0.789 bits per heavy atom. The molecular formula is C19H12. The molecule has 0 amide bonds. The van der Waals surface area contributed by atoms with E-state index in [1.807, 2.05) is 0 Å². The highest BCUT2D eigenvalue weighted by Crippen LogP contribution is 2.00. The lowest BCUT2D eigenvalue weighted by Gasteiger charge is -1.92. The van der Waals surface area contributed by atoms with Crippen molar-refractivity contribution in [3.05, 3.63) is 104 Å². The first-order valence-electron chi connectivity index (χ1n) is 6.48. The second kappa shape index (κ2) is 3.98. The summed E-state index contributed by atoms with van der Waals surface area (Å²) in [6, 6.07) is 25.5. The van der Waals surface area contributed by atoms with Gasteiger partial charge in [0.2, 0.25) is 0 Å². The average molecular weight is 240 g/mol. The molecule has 0 N–H and O–H groups in total. The molecule has 19 heavy (non-hydrogen) atoms. The topological polar surface area (TPSA) is 0 Å². The molecule has 0 bridgehead atoms. The molecule has 0 aromatic heterocycles. The zero-order valence-corrected chi connectivity index (χ0v) is 10.4. The first kappa shape index (κ1) is 10.4. The summed E-state index contributed by atoms with van der Waals surface area (Å²) >= 11 is 0. The van der Waals surface area contributed by atoms with E-state index in [0.29, 0.717) is 0 Å². The van der Waals surface area contributed by atoms with Gasteiger partial charge in [0.15, 0.2) is 0 Å². The Hall–Kier alpha value is -2.56. The highest BCUT2D eigenvalue weighted by Gasteiger charge is 1.95. The van der Waals surface area contributed by atoms with E-state index < -0.39 is 0 Å². The van der Waals surface area contributed by atoms with Crippen LogP contribution in [0.4, 0.5) is 0 Å². The maximum absolute atomic E-state index is 3.55. The molecule has 0 fully saturated rings. The molecule has 0 radical (unpaired) electrons. The number of fused-ring (bicyclic) bond motifs is 3. The lowest BCUT2D eigenvalue weighted by molar-refractivity contribution is 1.38. The van der Waals surface area contributed by atoms with E-state index in [1.54, 1.807) is 0 Å². The van der Waals surface area contributed by atoms with Gasteiger partial charge in [-0.1, -0.05) is 60.7 Å². The zero-order chi connectivity index (χ0) is 12.7. The number of benzene rings is 3. The maximum atomic E-state index is 3.55. The van der Waals surface area contributed by atoms with Crippen molar-refractivity contribution < 1.29 is 0 Å². The van der Waals surface area contributed by atoms with Crippen LogP contribution in [0, 0.1) is 20.9 Å². The molecule has 0 atom stereocenters. The van der Waals surface area contributed by atoms with Crippen molar-refractivity contribution in [1.29, 1.82) is 0 Å². The number of hydrogen-bond donors (Lipinski definition) is 0. The quantitative estimate of drug-likeness (QED) is 0.442. The van der Waals surface area contributed by atoms with Crippen molar-refractivity contribution in [3.8, 4) is 0 Å². The van der Waals surface area contributed by atoms with Crippen LogP contribution in [0.5, 0.6) is 0 Å². The minimum Gasteiger partial charge on any atom is -0.104 e. The zero-order valence-electron chi connectivity index (χ0n) is 10.4. The van der Waals surface area contributed by atoms with E-state index in [2.05, 4.69) is 78.5 Å². The Kier molecular flexibility index (Phi) is 2.17. The van der Waals surface area contributed by atoms with Gasteiger partial charge in [-0.15, -0.1) is 5.73 Å². The first-order chi connectivity index (χ1) is 9.43. The van der Waals surface area contributed by atoms with Crippen LogP contribution in [0.1, 0.15) is 0 Å². The third-order valence-electron chi connectivity index (χ3n) is 3.63. The summed E-state index contributed by atoms with van der Waals surface area (Å²) in [5.74, 6) is 0. The minimum atomic E-state index is 1.17. The summed E-state index contributed by atoms with van der Waals surface area (Å²) in [5.41, 5.74) is 3.55. The predicted molar refractivity (Wildman–Crippen MR) is 76.4 cm³/mol. The molecule has 3 aromatic rings. The van der Waals surface area contributed by atoms with Crippen LogP contribution in [-0.2, 0) is 0 Å². The van der Waals surface area contributed by atoms with Crippen LogP contribution in [0.25, 0.3) is 5.73 Å². The van der Waals surface area contributed by atoms with Crippen molar-refractivity contribution in [1.82, 2.24) is 0 Å². The fourth-order valence-electron chi connectivity index (χ4n) is 2.75. The molecule has 0 aliphatic heterocycles. The molecule has 4 rings (SSSR count). The van der Waals surface area contributed by atoms with Gasteiger partial charge in [0.25, 0.3) is 0 Å². The van der Waals surface area contributed by atoms with E-state index >= 15 is 0 Å². The lowest BCUT2D eigenvalue weighted by Crippen LogP contribution is -2.05. The van der Waals surface area contributed by atoms with Crippen LogP contribution in [0.15, 0.2) is 72.8 Å². The second-order valence-corrected chi connectivity index (χ2v) is 4.76. The van der Waals surface area contributed by atoms with Gasteiger partial charge in [0, 0.05) is 10.4 Å². The highest BCUT2D eigenvalue weighted by atomic mass is 14.0. The Morgan fingerprint density at radius 1 is 0.421 bits per heavy atom. The largest absolute Gasteiger partial charge is 0.104 e. The van der Waals surface area contributed by atoms with E-state index in [-0.39, 0.29) is 0 Å². The van der Waals surface area contributed by atoms with Crippen molar-refractivity contribution in [2.24, 2.45) is 0 Å². The van der Waals surface area contributed by atoms with Gasteiger partial charge in [0.05, 0.1) is 0 Å². The monoisotopic (exact) mass is 240 g/mol. The first-order valence-corrected chi connectivity index (χ1v) is 6.48. The van der Waals surface area contributed by atoms with Crippen molar-refractivity contribution in [2.45, 2.75) is 0 Å². The van der Waals surface area contributed by atoms with Gasteiger partial charge < -0.3 is 0 Å². The maximum Gasteiger partial charge on any atom is 0.0249 e. The third kappa shape index (κ3) is 1.55. The van der Waals surface area contributed by atoms with E-state index in [4.69, 9.17) is 0 Å². The average Bonchev–Trinajstić information content (AvgIpc) is 2.62. The molecular weight excluding hydrogens is 228 g/mol. The summed E-state index contributed by atoms with van der Waals surface area (Å²) < 4.78 is 0. The Balaban J connectivity index is 2.66. The predicted octanol–water partition coefficient (Wildman–Crippen LogP) is 2.33. The van der Waals surface area contributed by atoms with Crippen molar-refractivity contribution in [3.63, 3.8) is 0 Å². The smallest absolute Gasteiger partial charge is 0.0249 e. The van der Waals surface area contributed by atoms with Crippen LogP contribution >= 0.6 is 0 Å². The number of rotatable bonds is 0. The van der Waals surface area contributed by atoms with Gasteiger partial charge >= 0.3 is 0 Å². The summed E-state index contributed by atoms with van der Waals surface area (Å²) in [6.45, 7) is 0. The van der Waals surface area contributed by atoms with Gasteiger partial charge in [-0.05, 0) is 33.0 Å². The molecule has 0 nitrogen and oxygen atoms in total. The van der Waals surface area contributed by atoms with Crippen molar-refractivity contribution >= 4 is 5.73 Å². The third-order valence-corrected chi connectivity index (χ3v) is 3.63. The number of hydrogen-bond acceptors (Lipinski definition) is 0. The van der Waals surface area contributed by atoms with Gasteiger partial charge in [-0.3, -0.25) is 0 Å². The lowest BCUT2D eigenvalue weighted by atomic mass is 10.1. The highest BCUT2D eigenvalue weighted by molar-refractivity contribution is 5.33. The van der Waals surface area contributed by atoms with Gasteiger partial charge in [-0.2, -0.15) is 0 Å². The van der Waals surface area contributed by atoms with Gasteiger partial charge in [-0.25, -0.2) is 0 Å². The second-order valence-electron chi connectivity index (χ2n) is 4.76. The fraction of sp³-hybridized carbons (Fsp3) is 0. The molecule has 0 saturated heterocycles. The summed E-state index contributed by atoms with van der Waals surface area (Å²) in [7, 11) is 0. The minimum absolute atomic E-state index is 1.17. The SMILES string of the molecule is C1=c2ccccc2=c2ccccc2=c2ccccc2=1. The van der Waals surface area contributed by atoms with Gasteiger partial charge in [0.1, 0.15) is 0 Å². The molecule has 0 heteroatoms. The Labute approximate surface area is 110 Å². The standard InChI is InChI=1S/C19H12/c1-3-9-16-14(7-1)13-15-8-2-4-10-17(15)19-12-6-5-11-18(16)19/h1-12H. The fourth-order valence-corrected chi connectivity index (χ4v) is 2.75. The van der Waals surface area contributed by atoms with Crippen LogP contribution in [0.2, 0.25) is 0 Å². The Morgan fingerprint density at radius 3 is 1.26 bits per heavy atom. The molecule has 0 heterocycles.